The fraction of sp³-hybridized carbons (Fsp3) is 0.0667. The van der Waals surface area contributed by atoms with E-state index < -0.39 is 0 Å². The summed E-state index contributed by atoms with van der Waals surface area (Å²) in [6.07, 6.45) is 19.0. The van der Waals surface area contributed by atoms with Crippen LogP contribution >= 0.6 is 0 Å². The summed E-state index contributed by atoms with van der Waals surface area (Å²) < 4.78 is 2.26. The molecule has 0 N–H and O–H groups in total. The highest BCUT2D eigenvalue weighted by Gasteiger charge is 2.50. The molecule has 0 saturated carbocycles. The second kappa shape index (κ2) is 10.9. The fourth-order valence-electron chi connectivity index (χ4n) is 8.52. The predicted octanol–water partition coefficient (Wildman–Crippen LogP) is 9.03. The van der Waals surface area contributed by atoms with E-state index in [9.17, 15) is 0 Å². The maximum absolute atomic E-state index is 5.20. The third kappa shape index (κ3) is 4.17. The van der Waals surface area contributed by atoms with Gasteiger partial charge in [0.1, 0.15) is 17.4 Å². The first-order chi connectivity index (χ1) is 25.3. The number of aromatic nitrogens is 3. The Morgan fingerprint density at radius 1 is 0.647 bits per heavy atom. The Morgan fingerprint density at radius 2 is 1.33 bits per heavy atom. The Hall–Kier alpha value is -6.66. The number of anilines is 2. The van der Waals surface area contributed by atoms with Gasteiger partial charge in [-0.2, -0.15) is 9.56 Å². The molecule has 11 rings (SSSR count). The monoisotopic (exact) mass is 655 g/mol. The number of hydrogen-bond donors (Lipinski definition) is 0. The van der Waals surface area contributed by atoms with Crippen molar-refractivity contribution in [3.63, 3.8) is 0 Å². The van der Waals surface area contributed by atoms with Crippen molar-refractivity contribution < 1.29 is 0 Å². The van der Waals surface area contributed by atoms with E-state index in [0.29, 0.717) is 17.6 Å². The molecule has 2 atom stereocenters. The van der Waals surface area contributed by atoms with Crippen molar-refractivity contribution in [1.82, 2.24) is 19.5 Å². The molecule has 6 heteroatoms. The normalized spacial score (nSPS) is 20.5. The van der Waals surface area contributed by atoms with E-state index in [1.54, 1.807) is 0 Å². The number of fused-ring (bicyclic) bond motifs is 6. The van der Waals surface area contributed by atoms with Gasteiger partial charge in [-0.15, -0.1) is 0 Å². The topological polar surface area (TPSA) is 48.2 Å². The second-order valence-corrected chi connectivity index (χ2v) is 13.4. The Kier molecular flexibility index (Phi) is 6.04. The Bertz CT molecular complexity index is 2490. The highest BCUT2D eigenvalue weighted by molar-refractivity contribution is 6.13. The number of nitrogens with zero attached hydrogens (tertiary/aromatic N) is 6. The van der Waals surface area contributed by atoms with Crippen LogP contribution in [0.3, 0.4) is 0 Å². The van der Waals surface area contributed by atoms with Crippen LogP contribution in [0, 0.1) is 0 Å². The van der Waals surface area contributed by atoms with E-state index in [1.807, 2.05) is 36.4 Å². The Labute approximate surface area is 296 Å². The number of benzene rings is 4. The molecule has 0 spiro atoms. The van der Waals surface area contributed by atoms with Crippen LogP contribution in [0.15, 0.2) is 198 Å². The molecule has 3 aliphatic carbocycles. The average molecular weight is 656 g/mol. The van der Waals surface area contributed by atoms with E-state index in [-0.39, 0.29) is 12.1 Å². The van der Waals surface area contributed by atoms with Gasteiger partial charge in [0.25, 0.3) is 0 Å². The first-order valence-electron chi connectivity index (χ1n) is 17.5. The van der Waals surface area contributed by atoms with Gasteiger partial charge in [-0.25, -0.2) is 0 Å². The number of para-hydroxylation sites is 3. The molecule has 3 aliphatic heterocycles. The lowest BCUT2D eigenvalue weighted by Gasteiger charge is -2.37. The molecular formula is C45H31N6+. The van der Waals surface area contributed by atoms with Gasteiger partial charge >= 0.3 is 5.95 Å². The summed E-state index contributed by atoms with van der Waals surface area (Å²) in [6, 6.07) is 40.1. The zero-order valence-corrected chi connectivity index (χ0v) is 27.6. The van der Waals surface area contributed by atoms with Gasteiger partial charge in [0.2, 0.25) is 11.6 Å². The molecule has 0 bridgehead atoms. The summed E-state index contributed by atoms with van der Waals surface area (Å²) in [5.74, 6) is 1.91. The Morgan fingerprint density at radius 3 is 2.08 bits per heavy atom. The lowest BCUT2D eigenvalue weighted by molar-refractivity contribution is 0.826. The quantitative estimate of drug-likeness (QED) is 0.181. The van der Waals surface area contributed by atoms with Crippen molar-refractivity contribution in [2.75, 3.05) is 9.80 Å². The van der Waals surface area contributed by atoms with E-state index in [2.05, 4.69) is 142 Å². The standard InChI is InChI=1S/C45H31N6/c1-4-15-29(16-5-1)43-46-44(30-17-6-2-7-18-30)48-45(47-43)51-38-25-13-12-24-37(38)50-41-27-34-32-21-10-11-23-36(32)49(31-19-8-3-9-20-31)40(34)28-35(41)33-22-14-26-39(51)42(33)50/h1-26,28,36,42H,27H2/q+1. The molecule has 6 nitrogen and oxygen atoms in total. The second-order valence-electron chi connectivity index (χ2n) is 13.4. The van der Waals surface area contributed by atoms with Crippen LogP contribution in [0.4, 0.5) is 23.0 Å². The molecule has 6 aliphatic rings. The van der Waals surface area contributed by atoms with Crippen LogP contribution in [0.2, 0.25) is 0 Å². The maximum atomic E-state index is 5.20. The summed E-state index contributed by atoms with van der Waals surface area (Å²) in [5, 5.41) is 0. The maximum Gasteiger partial charge on any atom is 0.442 e. The lowest BCUT2D eigenvalue weighted by atomic mass is 9.88. The van der Waals surface area contributed by atoms with Crippen LogP contribution in [0.1, 0.15) is 6.42 Å². The van der Waals surface area contributed by atoms with E-state index in [4.69, 9.17) is 15.0 Å². The van der Waals surface area contributed by atoms with E-state index in [1.165, 1.54) is 39.4 Å². The van der Waals surface area contributed by atoms with Crippen molar-refractivity contribution in [3.8, 4) is 22.8 Å². The zero-order chi connectivity index (χ0) is 33.5. The molecule has 240 valence electrons. The van der Waals surface area contributed by atoms with Crippen molar-refractivity contribution in [1.29, 1.82) is 0 Å². The smallest absolute Gasteiger partial charge is 0.330 e. The molecule has 0 saturated heterocycles. The van der Waals surface area contributed by atoms with Crippen LogP contribution in [0.5, 0.6) is 0 Å². The molecule has 5 aromatic rings. The minimum atomic E-state index is -0.0175. The van der Waals surface area contributed by atoms with Crippen molar-refractivity contribution >= 4 is 28.7 Å². The Balaban J connectivity index is 1.11. The number of allylic oxidation sites excluding steroid dienone is 7. The molecule has 2 unspecified atom stereocenters. The highest BCUT2D eigenvalue weighted by atomic mass is 15.3. The summed E-state index contributed by atoms with van der Waals surface area (Å²) >= 11 is 0. The first-order valence-corrected chi connectivity index (χ1v) is 17.5. The summed E-state index contributed by atoms with van der Waals surface area (Å²) in [7, 11) is 0. The van der Waals surface area contributed by atoms with E-state index >= 15 is 0 Å². The highest BCUT2D eigenvalue weighted by Crippen LogP contribution is 2.54. The predicted molar refractivity (Wildman–Crippen MR) is 205 cm³/mol. The third-order valence-corrected chi connectivity index (χ3v) is 10.7. The SMILES string of the molecule is C1=CC2=C3CC4=C(C=C3N(c3ccccc3)C2C=C1)C1=CC=CC2=[N+](c3nc(-c5ccccc5)nc(-c5ccccc5)n3)c3ccccc3N4C12. The van der Waals surface area contributed by atoms with Crippen molar-refractivity contribution in [2.24, 2.45) is 0 Å². The summed E-state index contributed by atoms with van der Waals surface area (Å²) in [4.78, 5) is 20.5. The first kappa shape index (κ1) is 28.2. The van der Waals surface area contributed by atoms with Crippen LogP contribution in [0.25, 0.3) is 22.8 Å². The molecule has 4 aromatic carbocycles. The molecule has 51 heavy (non-hydrogen) atoms. The van der Waals surface area contributed by atoms with Gasteiger partial charge in [0.15, 0.2) is 0 Å². The largest absolute Gasteiger partial charge is 0.442 e. The molecule has 0 radical (unpaired) electrons. The summed E-state index contributed by atoms with van der Waals surface area (Å²) in [6.45, 7) is 0. The van der Waals surface area contributed by atoms with Gasteiger partial charge in [-0.3, -0.25) is 0 Å². The van der Waals surface area contributed by atoms with Crippen molar-refractivity contribution in [2.45, 2.75) is 18.5 Å². The molecule has 1 aromatic heterocycles. The van der Waals surface area contributed by atoms with Crippen LogP contribution < -0.4 is 14.4 Å². The van der Waals surface area contributed by atoms with Gasteiger partial charge < -0.3 is 9.80 Å². The minimum Gasteiger partial charge on any atom is -0.330 e. The third-order valence-electron chi connectivity index (χ3n) is 10.7. The summed E-state index contributed by atoms with van der Waals surface area (Å²) in [5.41, 5.74) is 14.4. The van der Waals surface area contributed by atoms with Gasteiger partial charge in [0, 0.05) is 40.2 Å². The van der Waals surface area contributed by atoms with Crippen molar-refractivity contribution in [3.05, 3.63) is 198 Å². The van der Waals surface area contributed by atoms with Crippen LogP contribution in [-0.4, -0.2) is 32.7 Å². The number of hydrogen-bond acceptors (Lipinski definition) is 5. The molecular weight excluding hydrogens is 625 g/mol. The van der Waals surface area contributed by atoms with Gasteiger partial charge in [-0.1, -0.05) is 103 Å². The van der Waals surface area contributed by atoms with Gasteiger partial charge in [-0.05, 0) is 87.4 Å². The number of rotatable bonds is 4. The fourth-order valence-corrected chi connectivity index (χ4v) is 8.52. The van der Waals surface area contributed by atoms with Crippen LogP contribution in [-0.2, 0) is 0 Å². The molecule has 4 heterocycles. The molecule has 0 fully saturated rings. The average Bonchev–Trinajstić information content (AvgIpc) is 3.71. The molecule has 0 amide bonds. The van der Waals surface area contributed by atoms with Gasteiger partial charge in [0.05, 0.1) is 11.7 Å². The lowest BCUT2D eigenvalue weighted by Crippen LogP contribution is -2.46. The zero-order valence-electron chi connectivity index (χ0n) is 27.6. The minimum absolute atomic E-state index is 0.0175. The van der Waals surface area contributed by atoms with E-state index in [0.717, 1.165) is 34.6 Å².